The van der Waals surface area contributed by atoms with Crippen LogP contribution in [0.2, 0.25) is 0 Å². The van der Waals surface area contributed by atoms with Gasteiger partial charge >= 0.3 is 5.97 Å². The molecule has 0 rings (SSSR count). The molecule has 12 nitrogen and oxygen atoms in total. The summed E-state index contributed by atoms with van der Waals surface area (Å²) in [7, 11) is 0. The van der Waals surface area contributed by atoms with Crippen molar-refractivity contribution in [3.63, 3.8) is 0 Å². The molecule has 0 heterocycles. The Balaban J connectivity index is 5.10. The van der Waals surface area contributed by atoms with Crippen molar-refractivity contribution in [2.45, 2.75) is 57.1 Å². The zero-order valence-electron chi connectivity index (χ0n) is 14.7. The molecule has 0 aromatic heterocycles. The third kappa shape index (κ3) is 7.31. The maximum Gasteiger partial charge on any atom is 0.328 e. The number of carboxylic acid groups (broad SMARTS) is 1. The average Bonchev–Trinajstić information content (AvgIpc) is 2.53. The number of aliphatic carboxylic acids is 1. The van der Waals surface area contributed by atoms with Crippen molar-refractivity contribution >= 4 is 23.7 Å². The van der Waals surface area contributed by atoms with Crippen LogP contribution in [-0.4, -0.2) is 87.1 Å². The highest BCUT2D eigenvalue weighted by atomic mass is 16.4. The molecule has 0 aromatic rings. The van der Waals surface area contributed by atoms with Gasteiger partial charge in [0, 0.05) is 0 Å². The Bertz CT molecular complexity index is 523. The first-order valence-electron chi connectivity index (χ1n) is 7.78. The lowest BCUT2D eigenvalue weighted by molar-refractivity contribution is -0.145. The predicted molar refractivity (Wildman–Crippen MR) is 87.5 cm³/mol. The molecule has 26 heavy (non-hydrogen) atoms. The van der Waals surface area contributed by atoms with Gasteiger partial charge in [0.1, 0.15) is 12.1 Å². The number of hydrogen-bond donors (Lipinski definition) is 8. The standard InChI is InChI=1S/C14H26N4O8/c1-5(15)11(22)17-9(6(2)20)13(24)16-8(4-19)12(23)18-10(7(3)21)14(25)26/h5-10,19-21H,4,15H2,1-3H3,(H,16,24)(H,17,22)(H,18,23)(H,25,26). The van der Waals surface area contributed by atoms with Crippen molar-refractivity contribution in [1.82, 2.24) is 16.0 Å². The van der Waals surface area contributed by atoms with Gasteiger partial charge in [-0.05, 0) is 20.8 Å². The fourth-order valence-corrected chi connectivity index (χ4v) is 1.79. The van der Waals surface area contributed by atoms with Gasteiger partial charge in [0.05, 0.1) is 24.9 Å². The highest BCUT2D eigenvalue weighted by Crippen LogP contribution is 1.98. The van der Waals surface area contributed by atoms with E-state index >= 15 is 0 Å². The number of carbonyl (C=O) groups is 4. The molecule has 0 aliphatic rings. The number of nitrogens with one attached hydrogen (secondary N) is 3. The molecule has 6 unspecified atom stereocenters. The smallest absolute Gasteiger partial charge is 0.328 e. The normalized spacial score (nSPS) is 17.8. The summed E-state index contributed by atoms with van der Waals surface area (Å²) in [5.74, 6) is -4.30. The Kier molecular flexibility index (Phi) is 9.72. The molecule has 0 aromatic carbocycles. The Labute approximate surface area is 149 Å². The van der Waals surface area contributed by atoms with E-state index in [4.69, 9.17) is 10.8 Å². The van der Waals surface area contributed by atoms with Crippen molar-refractivity contribution in [2.24, 2.45) is 5.73 Å². The molecule has 150 valence electrons. The van der Waals surface area contributed by atoms with Crippen molar-refractivity contribution in [3.8, 4) is 0 Å². The molecular weight excluding hydrogens is 352 g/mol. The van der Waals surface area contributed by atoms with Crippen LogP contribution in [0.25, 0.3) is 0 Å². The lowest BCUT2D eigenvalue weighted by atomic mass is 10.1. The number of amides is 3. The lowest BCUT2D eigenvalue weighted by Crippen LogP contribution is -2.61. The maximum atomic E-state index is 12.2. The Hall–Kier alpha value is -2.28. The van der Waals surface area contributed by atoms with Gasteiger partial charge in [-0.1, -0.05) is 0 Å². The molecule has 0 bridgehead atoms. The number of aliphatic hydroxyl groups is 3. The molecule has 0 saturated carbocycles. The Morgan fingerprint density at radius 1 is 0.846 bits per heavy atom. The fourth-order valence-electron chi connectivity index (χ4n) is 1.79. The first kappa shape index (κ1) is 23.7. The third-order valence-corrected chi connectivity index (χ3v) is 3.34. The van der Waals surface area contributed by atoms with Crippen LogP contribution < -0.4 is 21.7 Å². The largest absolute Gasteiger partial charge is 0.480 e. The molecule has 0 aliphatic heterocycles. The summed E-state index contributed by atoms with van der Waals surface area (Å²) in [5.41, 5.74) is 5.36. The molecule has 0 spiro atoms. The summed E-state index contributed by atoms with van der Waals surface area (Å²) in [5, 5.41) is 43.4. The van der Waals surface area contributed by atoms with E-state index in [1.165, 1.54) is 13.8 Å². The van der Waals surface area contributed by atoms with Gasteiger partial charge in [-0.2, -0.15) is 0 Å². The van der Waals surface area contributed by atoms with E-state index in [2.05, 4.69) is 10.6 Å². The minimum Gasteiger partial charge on any atom is -0.480 e. The monoisotopic (exact) mass is 378 g/mol. The van der Waals surface area contributed by atoms with E-state index in [0.717, 1.165) is 6.92 Å². The van der Waals surface area contributed by atoms with Gasteiger partial charge < -0.3 is 42.1 Å². The van der Waals surface area contributed by atoms with Crippen molar-refractivity contribution < 1.29 is 39.6 Å². The second-order valence-electron chi connectivity index (χ2n) is 5.82. The molecule has 3 amide bonds. The maximum absolute atomic E-state index is 12.2. The van der Waals surface area contributed by atoms with Crippen LogP contribution in [0.5, 0.6) is 0 Å². The molecule has 6 atom stereocenters. The zero-order chi connectivity index (χ0) is 20.6. The van der Waals surface area contributed by atoms with Crippen LogP contribution in [0.3, 0.4) is 0 Å². The van der Waals surface area contributed by atoms with Crippen LogP contribution >= 0.6 is 0 Å². The summed E-state index contributed by atoms with van der Waals surface area (Å²) in [6.45, 7) is 2.82. The second kappa shape index (κ2) is 10.7. The van der Waals surface area contributed by atoms with E-state index < -0.39 is 66.7 Å². The van der Waals surface area contributed by atoms with Gasteiger partial charge in [0.15, 0.2) is 6.04 Å². The minimum atomic E-state index is -1.65. The van der Waals surface area contributed by atoms with E-state index in [1.54, 1.807) is 0 Å². The van der Waals surface area contributed by atoms with Crippen LogP contribution in [0.15, 0.2) is 0 Å². The number of carbonyl (C=O) groups excluding carboxylic acids is 3. The average molecular weight is 378 g/mol. The quantitative estimate of drug-likeness (QED) is 0.184. The highest BCUT2D eigenvalue weighted by molar-refractivity contribution is 5.94. The second-order valence-corrected chi connectivity index (χ2v) is 5.82. The first-order valence-corrected chi connectivity index (χ1v) is 7.78. The van der Waals surface area contributed by atoms with E-state index in [-0.39, 0.29) is 0 Å². The van der Waals surface area contributed by atoms with Crippen LogP contribution in [0.4, 0.5) is 0 Å². The minimum absolute atomic E-state index is 0.726. The van der Waals surface area contributed by atoms with E-state index in [0.29, 0.717) is 0 Å². The van der Waals surface area contributed by atoms with Crippen molar-refractivity contribution in [3.05, 3.63) is 0 Å². The predicted octanol–water partition coefficient (Wildman–Crippen LogP) is -4.37. The first-order chi connectivity index (χ1) is 11.9. The van der Waals surface area contributed by atoms with Gasteiger partial charge in [-0.25, -0.2) is 4.79 Å². The van der Waals surface area contributed by atoms with Crippen LogP contribution in [0.1, 0.15) is 20.8 Å². The number of aliphatic hydroxyl groups excluding tert-OH is 3. The topological polar surface area (TPSA) is 211 Å². The van der Waals surface area contributed by atoms with Gasteiger partial charge in [0.2, 0.25) is 17.7 Å². The molecule has 0 fully saturated rings. The lowest BCUT2D eigenvalue weighted by Gasteiger charge is -2.25. The molecule has 0 aliphatic carbocycles. The van der Waals surface area contributed by atoms with E-state index in [1.807, 2.05) is 5.32 Å². The van der Waals surface area contributed by atoms with Gasteiger partial charge in [0.25, 0.3) is 0 Å². The van der Waals surface area contributed by atoms with Crippen LogP contribution in [0, 0.1) is 0 Å². The van der Waals surface area contributed by atoms with Crippen molar-refractivity contribution in [1.29, 1.82) is 0 Å². The third-order valence-electron chi connectivity index (χ3n) is 3.34. The van der Waals surface area contributed by atoms with Gasteiger partial charge in [-0.15, -0.1) is 0 Å². The number of hydrogen-bond acceptors (Lipinski definition) is 8. The summed E-state index contributed by atoms with van der Waals surface area (Å²) < 4.78 is 0. The summed E-state index contributed by atoms with van der Waals surface area (Å²) in [6, 6.07) is -5.64. The summed E-state index contributed by atoms with van der Waals surface area (Å²) in [6.07, 6.45) is -2.77. The Morgan fingerprint density at radius 3 is 1.65 bits per heavy atom. The zero-order valence-corrected chi connectivity index (χ0v) is 14.7. The van der Waals surface area contributed by atoms with Gasteiger partial charge in [-0.3, -0.25) is 14.4 Å². The SMILES string of the molecule is CC(N)C(=O)NC(C(=O)NC(CO)C(=O)NC(C(=O)O)C(C)O)C(C)O. The number of nitrogens with two attached hydrogens (primary N) is 1. The molecule has 9 N–H and O–H groups in total. The summed E-state index contributed by atoms with van der Waals surface area (Å²) in [4.78, 5) is 46.8. The highest BCUT2D eigenvalue weighted by Gasteiger charge is 2.32. The number of rotatable bonds is 10. The fraction of sp³-hybridized carbons (Fsp3) is 0.714. The van der Waals surface area contributed by atoms with E-state index in [9.17, 15) is 34.5 Å². The van der Waals surface area contributed by atoms with Crippen LogP contribution in [-0.2, 0) is 19.2 Å². The molecular formula is C14H26N4O8. The van der Waals surface area contributed by atoms with Crippen molar-refractivity contribution in [2.75, 3.05) is 6.61 Å². The summed E-state index contributed by atoms with van der Waals surface area (Å²) >= 11 is 0. The number of carboxylic acids is 1. The molecule has 0 saturated heterocycles. The molecule has 12 heteroatoms. The Morgan fingerprint density at radius 2 is 1.31 bits per heavy atom. The molecule has 0 radical (unpaired) electrons.